The molecule has 2 heterocycles. The molecule has 2 aromatic carbocycles. The molecule has 2 aromatic heterocycles. The van der Waals surface area contributed by atoms with E-state index in [4.69, 9.17) is 9.84 Å². The first kappa shape index (κ1) is 18.4. The van der Waals surface area contributed by atoms with Gasteiger partial charge in [-0.1, -0.05) is 30.3 Å². The zero-order valence-corrected chi connectivity index (χ0v) is 15.9. The minimum atomic E-state index is -0.117. The monoisotopic (exact) mass is 384 g/mol. The molecule has 6 heteroatoms. The molecule has 29 heavy (non-hydrogen) atoms. The number of benzene rings is 2. The summed E-state index contributed by atoms with van der Waals surface area (Å²) < 4.78 is 6.90. The van der Waals surface area contributed by atoms with Crippen LogP contribution in [0.1, 0.15) is 5.56 Å². The molecule has 0 aliphatic carbocycles. The molecule has 4 aromatic rings. The first-order valence-electron chi connectivity index (χ1n) is 9.21. The lowest BCUT2D eigenvalue weighted by molar-refractivity contribution is -0.115. The Bertz CT molecular complexity index is 1090. The van der Waals surface area contributed by atoms with Crippen molar-refractivity contribution in [3.63, 3.8) is 0 Å². The second-order valence-corrected chi connectivity index (χ2v) is 6.47. The molecular weight excluding hydrogens is 364 g/mol. The summed E-state index contributed by atoms with van der Waals surface area (Å²) in [6, 6.07) is 22.8. The minimum Gasteiger partial charge on any atom is -0.497 e. The molecule has 0 saturated heterocycles. The Labute approximate surface area is 168 Å². The quantitative estimate of drug-likeness (QED) is 0.543. The standard InChI is InChI=1S/C23H20N4O2/c1-29-20-9-7-17(8-10-20)15-23(28)25-22-16-21(18-11-13-24-14-12-18)26-27(22)19-5-3-2-4-6-19/h2-14,16H,15H2,1H3,(H,25,28). The molecule has 144 valence electrons. The molecule has 0 radical (unpaired) electrons. The fraction of sp³-hybridized carbons (Fsp3) is 0.0870. The van der Waals surface area contributed by atoms with Crippen LogP contribution < -0.4 is 10.1 Å². The minimum absolute atomic E-state index is 0.117. The molecule has 6 nitrogen and oxygen atoms in total. The first-order chi connectivity index (χ1) is 14.2. The molecular formula is C23H20N4O2. The van der Waals surface area contributed by atoms with E-state index in [2.05, 4.69) is 10.3 Å². The molecule has 0 aliphatic heterocycles. The third-order valence-electron chi connectivity index (χ3n) is 4.48. The summed E-state index contributed by atoms with van der Waals surface area (Å²) in [5.74, 6) is 1.26. The van der Waals surface area contributed by atoms with Crippen molar-refractivity contribution >= 4 is 11.7 Å². The van der Waals surface area contributed by atoms with E-state index in [1.165, 1.54) is 0 Å². The Kier molecular flexibility index (Phi) is 5.33. The number of rotatable bonds is 6. The number of ether oxygens (including phenoxy) is 1. The van der Waals surface area contributed by atoms with Crippen LogP contribution >= 0.6 is 0 Å². The number of nitrogens with zero attached hydrogens (tertiary/aromatic N) is 3. The van der Waals surface area contributed by atoms with Gasteiger partial charge in [-0.3, -0.25) is 9.78 Å². The van der Waals surface area contributed by atoms with Gasteiger partial charge in [0, 0.05) is 24.0 Å². The number of amides is 1. The Morgan fingerprint density at radius 1 is 1.00 bits per heavy atom. The van der Waals surface area contributed by atoms with Crippen LogP contribution in [0.25, 0.3) is 16.9 Å². The predicted molar refractivity (Wildman–Crippen MR) is 112 cm³/mol. The summed E-state index contributed by atoms with van der Waals surface area (Å²) in [7, 11) is 1.62. The van der Waals surface area contributed by atoms with Gasteiger partial charge in [-0.15, -0.1) is 0 Å². The Balaban J connectivity index is 1.61. The molecule has 4 rings (SSSR count). The van der Waals surface area contributed by atoms with Crippen molar-refractivity contribution in [2.75, 3.05) is 12.4 Å². The van der Waals surface area contributed by atoms with Gasteiger partial charge in [0.25, 0.3) is 0 Å². The van der Waals surface area contributed by atoms with Crippen LogP contribution in [-0.2, 0) is 11.2 Å². The average Bonchev–Trinajstić information content (AvgIpc) is 3.19. The first-order valence-corrected chi connectivity index (χ1v) is 9.21. The number of hydrogen-bond donors (Lipinski definition) is 1. The molecule has 0 aliphatic rings. The van der Waals surface area contributed by atoms with Gasteiger partial charge in [0.1, 0.15) is 11.6 Å². The summed E-state index contributed by atoms with van der Waals surface area (Å²) in [4.78, 5) is 16.7. The summed E-state index contributed by atoms with van der Waals surface area (Å²) in [6.45, 7) is 0. The molecule has 0 atom stereocenters. The van der Waals surface area contributed by atoms with Crippen molar-refractivity contribution in [3.8, 4) is 22.7 Å². The molecule has 0 unspecified atom stereocenters. The topological polar surface area (TPSA) is 69.0 Å². The number of carbonyl (C=O) groups excluding carboxylic acids is 1. The number of pyridine rings is 1. The van der Waals surface area contributed by atoms with E-state index in [1.807, 2.05) is 72.8 Å². The lowest BCUT2D eigenvalue weighted by Crippen LogP contribution is -2.17. The average molecular weight is 384 g/mol. The van der Waals surface area contributed by atoms with E-state index >= 15 is 0 Å². The van der Waals surface area contributed by atoms with Crippen LogP contribution in [0.3, 0.4) is 0 Å². The number of carbonyl (C=O) groups is 1. The maximum Gasteiger partial charge on any atom is 0.229 e. The van der Waals surface area contributed by atoms with E-state index in [0.717, 1.165) is 28.3 Å². The van der Waals surface area contributed by atoms with E-state index in [0.29, 0.717) is 5.82 Å². The van der Waals surface area contributed by atoms with Crippen molar-refractivity contribution < 1.29 is 9.53 Å². The third kappa shape index (κ3) is 4.32. The van der Waals surface area contributed by atoms with Gasteiger partial charge < -0.3 is 10.1 Å². The lowest BCUT2D eigenvalue weighted by atomic mass is 10.1. The van der Waals surface area contributed by atoms with Crippen molar-refractivity contribution in [2.45, 2.75) is 6.42 Å². The van der Waals surface area contributed by atoms with E-state index in [-0.39, 0.29) is 12.3 Å². The predicted octanol–water partition coefficient (Wildman–Crippen LogP) is 4.12. The summed E-state index contributed by atoms with van der Waals surface area (Å²) >= 11 is 0. The van der Waals surface area contributed by atoms with E-state index in [9.17, 15) is 4.79 Å². The SMILES string of the molecule is COc1ccc(CC(=O)Nc2cc(-c3ccncc3)nn2-c2ccccc2)cc1. The Morgan fingerprint density at radius 3 is 2.41 bits per heavy atom. The van der Waals surface area contributed by atoms with Crippen LogP contribution in [0.5, 0.6) is 5.75 Å². The summed E-state index contributed by atoms with van der Waals surface area (Å²) in [5, 5.41) is 7.68. The van der Waals surface area contributed by atoms with Gasteiger partial charge in [-0.2, -0.15) is 5.10 Å². The number of nitrogens with one attached hydrogen (secondary N) is 1. The zero-order chi connectivity index (χ0) is 20.1. The molecule has 1 N–H and O–H groups in total. The molecule has 0 saturated carbocycles. The number of methoxy groups -OCH3 is 1. The second-order valence-electron chi connectivity index (χ2n) is 6.47. The number of anilines is 1. The van der Waals surface area contributed by atoms with Crippen molar-refractivity contribution in [3.05, 3.63) is 90.8 Å². The van der Waals surface area contributed by atoms with Crippen LogP contribution in [0.4, 0.5) is 5.82 Å². The van der Waals surface area contributed by atoms with Gasteiger partial charge >= 0.3 is 0 Å². The summed E-state index contributed by atoms with van der Waals surface area (Å²) in [6.07, 6.45) is 3.70. The second kappa shape index (κ2) is 8.39. The summed E-state index contributed by atoms with van der Waals surface area (Å²) in [5.41, 5.74) is 3.47. The van der Waals surface area contributed by atoms with Crippen molar-refractivity contribution in [2.24, 2.45) is 0 Å². The lowest BCUT2D eigenvalue weighted by Gasteiger charge is -2.09. The smallest absolute Gasteiger partial charge is 0.229 e. The number of hydrogen-bond acceptors (Lipinski definition) is 4. The highest BCUT2D eigenvalue weighted by Crippen LogP contribution is 2.24. The van der Waals surface area contributed by atoms with Crippen LogP contribution in [0.2, 0.25) is 0 Å². The van der Waals surface area contributed by atoms with Gasteiger partial charge in [0.05, 0.1) is 24.9 Å². The number of para-hydroxylation sites is 1. The zero-order valence-electron chi connectivity index (χ0n) is 15.9. The third-order valence-corrected chi connectivity index (χ3v) is 4.48. The van der Waals surface area contributed by atoms with Crippen molar-refractivity contribution in [1.82, 2.24) is 14.8 Å². The Morgan fingerprint density at radius 2 is 1.72 bits per heavy atom. The maximum atomic E-state index is 12.7. The van der Waals surface area contributed by atoms with Gasteiger partial charge in [-0.05, 0) is 42.0 Å². The highest BCUT2D eigenvalue weighted by atomic mass is 16.5. The van der Waals surface area contributed by atoms with E-state index in [1.54, 1.807) is 24.2 Å². The highest BCUT2D eigenvalue weighted by molar-refractivity contribution is 5.92. The Hall–Kier alpha value is -3.93. The fourth-order valence-electron chi connectivity index (χ4n) is 3.02. The molecule has 0 fully saturated rings. The maximum absolute atomic E-state index is 12.7. The van der Waals surface area contributed by atoms with Crippen molar-refractivity contribution in [1.29, 1.82) is 0 Å². The molecule has 0 spiro atoms. The van der Waals surface area contributed by atoms with Crippen LogP contribution in [0, 0.1) is 0 Å². The van der Waals surface area contributed by atoms with Gasteiger partial charge in [0.15, 0.2) is 0 Å². The van der Waals surface area contributed by atoms with E-state index < -0.39 is 0 Å². The van der Waals surface area contributed by atoms with Gasteiger partial charge in [-0.25, -0.2) is 4.68 Å². The molecule has 0 bridgehead atoms. The highest BCUT2D eigenvalue weighted by Gasteiger charge is 2.14. The normalized spacial score (nSPS) is 10.5. The van der Waals surface area contributed by atoms with Crippen LogP contribution in [0.15, 0.2) is 85.2 Å². The molecule has 1 amide bonds. The van der Waals surface area contributed by atoms with Crippen LogP contribution in [-0.4, -0.2) is 27.8 Å². The number of aromatic nitrogens is 3. The fourth-order valence-corrected chi connectivity index (χ4v) is 3.02. The van der Waals surface area contributed by atoms with Gasteiger partial charge in [0.2, 0.25) is 5.91 Å². The largest absolute Gasteiger partial charge is 0.497 e.